The van der Waals surface area contributed by atoms with Crippen molar-refractivity contribution in [1.29, 1.82) is 0 Å². The van der Waals surface area contributed by atoms with Gasteiger partial charge >= 0.3 is 0 Å². The zero-order valence-corrected chi connectivity index (χ0v) is 15.4. The molecular weight excluding hydrogens is 370 g/mol. The number of hydrogen-bond acceptors (Lipinski definition) is 4. The first-order chi connectivity index (χ1) is 12.5. The largest absolute Gasteiger partial charge is 0.268 e. The zero-order valence-electron chi connectivity index (χ0n) is 13.8. The molecule has 2 aromatic heterocycles. The molecule has 0 saturated heterocycles. The van der Waals surface area contributed by atoms with Crippen LogP contribution in [0.1, 0.15) is 5.56 Å². The number of aryl methyl sites for hydroxylation is 1. The third-order valence-corrected chi connectivity index (χ3v) is 6.03. The zero-order chi connectivity index (χ0) is 18.3. The molecule has 0 bridgehead atoms. The van der Waals surface area contributed by atoms with Gasteiger partial charge in [-0.2, -0.15) is 0 Å². The van der Waals surface area contributed by atoms with E-state index in [1.54, 1.807) is 54.9 Å². The Morgan fingerprint density at radius 3 is 2.46 bits per heavy atom. The minimum Gasteiger partial charge on any atom is -0.240 e. The summed E-state index contributed by atoms with van der Waals surface area (Å²) in [5.74, 6) is 0. The maximum Gasteiger partial charge on any atom is 0.268 e. The van der Waals surface area contributed by atoms with Gasteiger partial charge in [-0.15, -0.1) is 0 Å². The van der Waals surface area contributed by atoms with Gasteiger partial charge in [0.2, 0.25) is 5.28 Å². The van der Waals surface area contributed by atoms with Crippen molar-refractivity contribution in [2.24, 2.45) is 0 Å². The SMILES string of the molecule is Cc1ccc(S(=O)(=O)n2cc(-c3ccnc(Cl)n3)c3ccccc32)cc1. The lowest BCUT2D eigenvalue weighted by Gasteiger charge is -2.07. The third kappa shape index (κ3) is 2.77. The lowest BCUT2D eigenvalue weighted by molar-refractivity contribution is 0.589. The average molecular weight is 384 g/mol. The number of aromatic nitrogens is 3. The van der Waals surface area contributed by atoms with Crippen LogP contribution in [-0.4, -0.2) is 22.4 Å². The molecule has 0 atom stereocenters. The Balaban J connectivity index is 1.98. The fourth-order valence-corrected chi connectivity index (χ4v) is 4.38. The second kappa shape index (κ2) is 6.23. The fraction of sp³-hybridized carbons (Fsp3) is 0.0526. The van der Waals surface area contributed by atoms with Crippen molar-refractivity contribution in [2.75, 3.05) is 0 Å². The number of fused-ring (bicyclic) bond motifs is 1. The van der Waals surface area contributed by atoms with Crippen LogP contribution in [0.4, 0.5) is 0 Å². The molecule has 2 heterocycles. The maximum absolute atomic E-state index is 13.2. The first kappa shape index (κ1) is 16.8. The lowest BCUT2D eigenvalue weighted by atomic mass is 10.1. The van der Waals surface area contributed by atoms with Crippen LogP contribution < -0.4 is 0 Å². The molecule has 0 spiro atoms. The van der Waals surface area contributed by atoms with Crippen molar-refractivity contribution < 1.29 is 8.42 Å². The molecular formula is C19H14ClN3O2S. The van der Waals surface area contributed by atoms with Crippen LogP contribution in [0.3, 0.4) is 0 Å². The predicted octanol–water partition coefficient (Wildman–Crippen LogP) is 4.30. The van der Waals surface area contributed by atoms with Crippen molar-refractivity contribution in [3.05, 3.63) is 77.8 Å². The van der Waals surface area contributed by atoms with Crippen LogP contribution in [-0.2, 0) is 10.0 Å². The summed E-state index contributed by atoms with van der Waals surface area (Å²) in [4.78, 5) is 8.34. The Morgan fingerprint density at radius 2 is 1.73 bits per heavy atom. The molecule has 130 valence electrons. The maximum atomic E-state index is 13.2. The van der Waals surface area contributed by atoms with Gasteiger partial charge in [0.25, 0.3) is 10.0 Å². The van der Waals surface area contributed by atoms with E-state index in [0.29, 0.717) is 16.8 Å². The third-order valence-electron chi connectivity index (χ3n) is 4.16. The Morgan fingerprint density at radius 1 is 1.00 bits per heavy atom. The topological polar surface area (TPSA) is 64.8 Å². The molecule has 4 rings (SSSR count). The van der Waals surface area contributed by atoms with Crippen LogP contribution in [0.15, 0.2) is 71.9 Å². The Hall–Kier alpha value is -2.70. The summed E-state index contributed by atoms with van der Waals surface area (Å²) in [7, 11) is -3.74. The van der Waals surface area contributed by atoms with E-state index in [0.717, 1.165) is 10.9 Å². The van der Waals surface area contributed by atoms with E-state index >= 15 is 0 Å². The summed E-state index contributed by atoms with van der Waals surface area (Å²) in [6.45, 7) is 1.92. The van der Waals surface area contributed by atoms with E-state index in [-0.39, 0.29) is 10.2 Å². The highest BCUT2D eigenvalue weighted by Crippen LogP contribution is 2.32. The van der Waals surface area contributed by atoms with Gasteiger partial charge in [0.15, 0.2) is 0 Å². The smallest absolute Gasteiger partial charge is 0.240 e. The van der Waals surface area contributed by atoms with Gasteiger partial charge in [-0.1, -0.05) is 35.9 Å². The van der Waals surface area contributed by atoms with Crippen LogP contribution in [0.25, 0.3) is 22.2 Å². The van der Waals surface area contributed by atoms with Crippen molar-refractivity contribution in [1.82, 2.24) is 13.9 Å². The lowest BCUT2D eigenvalue weighted by Crippen LogP contribution is -2.11. The fourth-order valence-electron chi connectivity index (χ4n) is 2.86. The summed E-state index contributed by atoms with van der Waals surface area (Å²) in [6.07, 6.45) is 3.13. The minimum absolute atomic E-state index is 0.112. The average Bonchev–Trinajstić information content (AvgIpc) is 3.03. The highest BCUT2D eigenvalue weighted by atomic mass is 35.5. The van der Waals surface area contributed by atoms with Gasteiger partial charge in [0, 0.05) is 23.3 Å². The standard InChI is InChI=1S/C19H14ClN3O2S/c1-13-6-8-14(9-7-13)26(24,25)23-12-16(15-4-2-3-5-18(15)23)17-10-11-21-19(20)22-17/h2-12H,1H3. The molecule has 0 N–H and O–H groups in total. The van der Waals surface area contributed by atoms with E-state index in [9.17, 15) is 8.42 Å². The normalized spacial score (nSPS) is 11.8. The highest BCUT2D eigenvalue weighted by Gasteiger charge is 2.22. The van der Waals surface area contributed by atoms with Gasteiger partial charge in [0.05, 0.1) is 16.1 Å². The number of halogens is 1. The molecule has 4 aromatic rings. The first-order valence-electron chi connectivity index (χ1n) is 7.88. The number of nitrogens with zero attached hydrogens (tertiary/aromatic N) is 3. The van der Waals surface area contributed by atoms with E-state index in [4.69, 9.17) is 11.6 Å². The van der Waals surface area contributed by atoms with Crippen molar-refractivity contribution in [3.63, 3.8) is 0 Å². The number of hydrogen-bond donors (Lipinski definition) is 0. The molecule has 0 aliphatic carbocycles. The Kier molecular flexibility index (Phi) is 4.01. The minimum atomic E-state index is -3.74. The van der Waals surface area contributed by atoms with Crippen molar-refractivity contribution in [3.8, 4) is 11.3 Å². The molecule has 0 radical (unpaired) electrons. The van der Waals surface area contributed by atoms with E-state index < -0.39 is 10.0 Å². The molecule has 5 nitrogen and oxygen atoms in total. The van der Waals surface area contributed by atoms with E-state index in [1.807, 2.05) is 19.1 Å². The van der Waals surface area contributed by atoms with Gasteiger partial charge in [-0.25, -0.2) is 22.4 Å². The van der Waals surface area contributed by atoms with E-state index in [2.05, 4.69) is 9.97 Å². The molecule has 0 aliphatic rings. The van der Waals surface area contributed by atoms with Crippen LogP contribution in [0.5, 0.6) is 0 Å². The molecule has 26 heavy (non-hydrogen) atoms. The predicted molar refractivity (Wildman–Crippen MR) is 102 cm³/mol. The number of benzene rings is 2. The quantitative estimate of drug-likeness (QED) is 0.495. The van der Waals surface area contributed by atoms with Crippen molar-refractivity contribution in [2.45, 2.75) is 11.8 Å². The first-order valence-corrected chi connectivity index (χ1v) is 9.70. The molecule has 7 heteroatoms. The van der Waals surface area contributed by atoms with Gasteiger partial charge < -0.3 is 0 Å². The molecule has 2 aromatic carbocycles. The monoisotopic (exact) mass is 383 g/mol. The summed E-state index contributed by atoms with van der Waals surface area (Å²) in [6, 6.07) is 15.8. The molecule has 0 unspecified atom stereocenters. The molecule has 0 saturated carbocycles. The van der Waals surface area contributed by atoms with Crippen LogP contribution >= 0.6 is 11.6 Å². The summed E-state index contributed by atoms with van der Waals surface area (Å²) < 4.78 is 27.6. The van der Waals surface area contributed by atoms with Crippen molar-refractivity contribution >= 4 is 32.5 Å². The Labute approximate surface area is 156 Å². The molecule has 0 aliphatic heterocycles. The molecule has 0 fully saturated rings. The Bertz CT molecular complexity index is 1220. The second-order valence-corrected chi connectivity index (χ2v) is 8.04. The van der Waals surface area contributed by atoms with Gasteiger partial charge in [-0.3, -0.25) is 0 Å². The summed E-state index contributed by atoms with van der Waals surface area (Å²) in [5, 5.41) is 0.888. The van der Waals surface area contributed by atoms with Gasteiger partial charge in [0.1, 0.15) is 0 Å². The van der Waals surface area contributed by atoms with Crippen LogP contribution in [0.2, 0.25) is 5.28 Å². The number of rotatable bonds is 3. The second-order valence-electron chi connectivity index (χ2n) is 5.88. The van der Waals surface area contributed by atoms with Gasteiger partial charge in [-0.05, 0) is 42.8 Å². The van der Waals surface area contributed by atoms with Crippen LogP contribution in [0, 0.1) is 6.92 Å². The molecule has 0 amide bonds. The highest BCUT2D eigenvalue weighted by molar-refractivity contribution is 7.90. The number of para-hydroxylation sites is 1. The summed E-state index contributed by atoms with van der Waals surface area (Å²) >= 11 is 5.91. The van der Waals surface area contributed by atoms with E-state index in [1.165, 1.54) is 3.97 Å². The summed E-state index contributed by atoms with van der Waals surface area (Å²) in [5.41, 5.74) is 2.83.